The normalized spacial score (nSPS) is 26.9. The van der Waals surface area contributed by atoms with Crippen molar-refractivity contribution in [1.82, 2.24) is 5.32 Å². The minimum absolute atomic E-state index is 0.0272. The molecule has 0 atom stereocenters. The van der Waals surface area contributed by atoms with Crippen molar-refractivity contribution >= 4 is 5.91 Å². The highest BCUT2D eigenvalue weighted by molar-refractivity contribution is 5.86. The average Bonchev–Trinajstić information content (AvgIpc) is 2.14. The van der Waals surface area contributed by atoms with Gasteiger partial charge in [-0.1, -0.05) is 20.8 Å². The van der Waals surface area contributed by atoms with Crippen molar-refractivity contribution in [1.29, 1.82) is 0 Å². The van der Waals surface area contributed by atoms with E-state index in [-0.39, 0.29) is 5.91 Å². The molecule has 0 unspecified atom stereocenters. The molecule has 0 radical (unpaired) electrons. The van der Waals surface area contributed by atoms with Crippen LogP contribution in [0.1, 0.15) is 46.5 Å². The molecule has 3 N–H and O–H groups in total. The molecule has 1 aliphatic carbocycles. The van der Waals surface area contributed by atoms with Crippen LogP contribution >= 0.6 is 0 Å². The summed E-state index contributed by atoms with van der Waals surface area (Å²) < 4.78 is 0. The van der Waals surface area contributed by atoms with Gasteiger partial charge in [0, 0.05) is 6.04 Å². The van der Waals surface area contributed by atoms with E-state index in [4.69, 9.17) is 5.73 Å². The predicted molar refractivity (Wildman–Crippen MR) is 57.8 cm³/mol. The van der Waals surface area contributed by atoms with Gasteiger partial charge in [0.2, 0.25) is 5.91 Å². The Labute approximate surface area is 86.4 Å². The summed E-state index contributed by atoms with van der Waals surface area (Å²) >= 11 is 0. The van der Waals surface area contributed by atoms with Crippen molar-refractivity contribution in [2.24, 2.45) is 11.7 Å². The second-order valence-electron chi connectivity index (χ2n) is 4.61. The molecule has 3 nitrogen and oxygen atoms in total. The summed E-state index contributed by atoms with van der Waals surface area (Å²) in [5, 5.41) is 3.03. The fraction of sp³-hybridized carbons (Fsp3) is 0.909. The molecule has 82 valence electrons. The number of carbonyl (C=O) groups excluding carboxylic acids is 1. The number of rotatable bonds is 4. The molecule has 0 bridgehead atoms. The fourth-order valence-electron chi connectivity index (χ4n) is 1.92. The summed E-state index contributed by atoms with van der Waals surface area (Å²) in [6.07, 6.45) is 3.62. The van der Waals surface area contributed by atoms with Crippen molar-refractivity contribution in [3.05, 3.63) is 0 Å². The lowest BCUT2D eigenvalue weighted by Crippen LogP contribution is -2.57. The van der Waals surface area contributed by atoms with Crippen LogP contribution in [0.25, 0.3) is 0 Å². The zero-order valence-electron chi connectivity index (χ0n) is 9.47. The minimum Gasteiger partial charge on any atom is -0.352 e. The van der Waals surface area contributed by atoms with Gasteiger partial charge in [0.1, 0.15) is 0 Å². The van der Waals surface area contributed by atoms with Crippen LogP contribution < -0.4 is 11.1 Å². The third-order valence-electron chi connectivity index (χ3n) is 3.42. The molecule has 0 spiro atoms. The van der Waals surface area contributed by atoms with Crippen molar-refractivity contribution in [3.8, 4) is 0 Å². The molecule has 1 aliphatic rings. The number of nitrogens with one attached hydrogen (secondary N) is 1. The van der Waals surface area contributed by atoms with Gasteiger partial charge in [0.25, 0.3) is 0 Å². The lowest BCUT2D eigenvalue weighted by atomic mass is 9.81. The molecule has 3 heteroatoms. The molecule has 0 saturated heterocycles. The van der Waals surface area contributed by atoms with Gasteiger partial charge >= 0.3 is 0 Å². The quantitative estimate of drug-likeness (QED) is 0.717. The van der Waals surface area contributed by atoms with E-state index < -0.39 is 5.54 Å². The summed E-state index contributed by atoms with van der Waals surface area (Å²) in [4.78, 5) is 11.8. The van der Waals surface area contributed by atoms with Gasteiger partial charge < -0.3 is 11.1 Å². The van der Waals surface area contributed by atoms with Gasteiger partial charge in [-0.25, -0.2) is 0 Å². The van der Waals surface area contributed by atoms with E-state index in [1.165, 1.54) is 0 Å². The van der Waals surface area contributed by atoms with Crippen molar-refractivity contribution < 1.29 is 4.79 Å². The van der Waals surface area contributed by atoms with Crippen LogP contribution in [0.2, 0.25) is 0 Å². The molecule has 1 amide bonds. The maximum absolute atomic E-state index is 11.8. The Morgan fingerprint density at radius 1 is 1.43 bits per heavy atom. The van der Waals surface area contributed by atoms with E-state index in [9.17, 15) is 4.79 Å². The maximum Gasteiger partial charge on any atom is 0.240 e. The number of amides is 1. The van der Waals surface area contributed by atoms with Crippen LogP contribution in [-0.4, -0.2) is 17.5 Å². The summed E-state index contributed by atoms with van der Waals surface area (Å²) in [6, 6.07) is 0.374. The first-order valence-corrected chi connectivity index (χ1v) is 5.61. The van der Waals surface area contributed by atoms with E-state index in [2.05, 4.69) is 12.2 Å². The van der Waals surface area contributed by atoms with Crippen LogP contribution in [0.15, 0.2) is 0 Å². The Morgan fingerprint density at radius 3 is 2.29 bits per heavy atom. The van der Waals surface area contributed by atoms with E-state index in [0.29, 0.717) is 18.9 Å². The first-order chi connectivity index (χ1) is 6.51. The van der Waals surface area contributed by atoms with Crippen LogP contribution in [0.3, 0.4) is 0 Å². The highest BCUT2D eigenvalue weighted by Gasteiger charge is 2.34. The first-order valence-electron chi connectivity index (χ1n) is 5.61. The Balaban J connectivity index is 2.40. The summed E-state index contributed by atoms with van der Waals surface area (Å²) in [5.41, 5.74) is 5.34. The van der Waals surface area contributed by atoms with Crippen molar-refractivity contribution in [3.63, 3.8) is 0 Å². The lowest BCUT2D eigenvalue weighted by molar-refractivity contribution is -0.128. The third kappa shape index (κ3) is 2.27. The molecule has 0 heterocycles. The topological polar surface area (TPSA) is 55.1 Å². The second-order valence-corrected chi connectivity index (χ2v) is 4.61. The fourth-order valence-corrected chi connectivity index (χ4v) is 1.92. The summed E-state index contributed by atoms with van der Waals surface area (Å²) in [5.74, 6) is 0.787. The summed E-state index contributed by atoms with van der Waals surface area (Å²) in [6.45, 7) is 6.14. The maximum atomic E-state index is 11.8. The molecule has 1 rings (SSSR count). The molecule has 14 heavy (non-hydrogen) atoms. The van der Waals surface area contributed by atoms with Gasteiger partial charge in [-0.15, -0.1) is 0 Å². The lowest BCUT2D eigenvalue weighted by Gasteiger charge is -2.36. The highest BCUT2D eigenvalue weighted by atomic mass is 16.2. The molecule has 1 saturated carbocycles. The number of hydrogen-bond donors (Lipinski definition) is 2. The molecule has 0 aliphatic heterocycles. The Morgan fingerprint density at radius 2 is 1.93 bits per heavy atom. The Kier molecular flexibility index (Phi) is 3.53. The molecule has 0 aromatic heterocycles. The highest BCUT2D eigenvalue weighted by Crippen LogP contribution is 2.27. The van der Waals surface area contributed by atoms with Gasteiger partial charge in [0.15, 0.2) is 0 Å². The molecule has 0 aromatic carbocycles. The third-order valence-corrected chi connectivity index (χ3v) is 3.42. The van der Waals surface area contributed by atoms with Crippen LogP contribution in [-0.2, 0) is 4.79 Å². The summed E-state index contributed by atoms with van der Waals surface area (Å²) in [7, 11) is 0. The zero-order chi connectivity index (χ0) is 10.8. The van der Waals surface area contributed by atoms with Gasteiger partial charge in [0.05, 0.1) is 5.54 Å². The predicted octanol–water partition coefficient (Wildman–Crippen LogP) is 1.42. The molecule has 0 aromatic rings. The molecule has 1 fully saturated rings. The minimum atomic E-state index is -0.654. The van der Waals surface area contributed by atoms with Crippen LogP contribution in [0.4, 0.5) is 0 Å². The molecular formula is C11H22N2O. The van der Waals surface area contributed by atoms with Crippen LogP contribution in [0, 0.1) is 5.92 Å². The van der Waals surface area contributed by atoms with Crippen LogP contribution in [0.5, 0.6) is 0 Å². The number of nitrogens with two attached hydrogens (primary N) is 1. The van der Waals surface area contributed by atoms with Crippen molar-refractivity contribution in [2.45, 2.75) is 58.0 Å². The second kappa shape index (κ2) is 4.30. The smallest absolute Gasteiger partial charge is 0.240 e. The van der Waals surface area contributed by atoms with Crippen molar-refractivity contribution in [2.75, 3.05) is 0 Å². The standard InChI is InChI=1S/C11H22N2O/c1-4-11(12,5-2)10(14)13-9-6-8(3)7-9/h8-9H,4-7,12H2,1-3H3,(H,13,14). The Bertz CT molecular complexity index is 205. The van der Waals surface area contributed by atoms with E-state index >= 15 is 0 Å². The van der Waals surface area contributed by atoms with E-state index in [1.807, 2.05) is 13.8 Å². The van der Waals surface area contributed by atoms with Gasteiger partial charge in [-0.3, -0.25) is 4.79 Å². The zero-order valence-corrected chi connectivity index (χ0v) is 9.47. The SMILES string of the molecule is CCC(N)(CC)C(=O)NC1CC(C)C1. The number of carbonyl (C=O) groups is 1. The average molecular weight is 198 g/mol. The van der Waals surface area contributed by atoms with E-state index in [1.54, 1.807) is 0 Å². The van der Waals surface area contributed by atoms with E-state index in [0.717, 1.165) is 18.8 Å². The Hall–Kier alpha value is -0.570. The van der Waals surface area contributed by atoms with Gasteiger partial charge in [-0.2, -0.15) is 0 Å². The monoisotopic (exact) mass is 198 g/mol. The largest absolute Gasteiger partial charge is 0.352 e. The number of hydrogen-bond acceptors (Lipinski definition) is 2. The van der Waals surface area contributed by atoms with Gasteiger partial charge in [-0.05, 0) is 31.6 Å². The first kappa shape index (κ1) is 11.5. The molecular weight excluding hydrogens is 176 g/mol.